The molecule has 104 valence electrons. The van der Waals surface area contributed by atoms with E-state index in [2.05, 4.69) is 36.9 Å². The largest absolute Gasteiger partial charge is 0.491 e. The van der Waals surface area contributed by atoms with Crippen LogP contribution in [0, 0.1) is 0 Å². The molecule has 1 rings (SSSR count). The Balaban J connectivity index is 2.47. The number of hydrogen-bond acceptors (Lipinski definition) is 3. The normalized spacial score (nSPS) is 10.3. The molecule has 0 heterocycles. The monoisotopic (exact) mass is 326 g/mol. The number of benzene rings is 1. The summed E-state index contributed by atoms with van der Waals surface area (Å²) in [7, 11) is 4.04. The molecule has 0 aliphatic heterocycles. The minimum absolute atomic E-state index is 0.537. The van der Waals surface area contributed by atoms with Gasteiger partial charge in [0.2, 0.25) is 0 Å². The number of ether oxygens (including phenoxy) is 1. The third-order valence-corrected chi connectivity index (χ3v) is 3.20. The van der Waals surface area contributed by atoms with E-state index < -0.39 is 0 Å². The highest BCUT2D eigenvalue weighted by Gasteiger charge is 2.03. The van der Waals surface area contributed by atoms with Crippen molar-refractivity contribution in [2.75, 3.05) is 33.8 Å². The van der Waals surface area contributed by atoms with Crippen molar-refractivity contribution in [3.05, 3.63) is 38.7 Å². The maximum absolute atomic E-state index is 8.20. The Morgan fingerprint density at radius 3 is 2.84 bits per heavy atom. The van der Waals surface area contributed by atoms with Gasteiger partial charge in [-0.15, -0.1) is 0 Å². The van der Waals surface area contributed by atoms with Gasteiger partial charge in [0, 0.05) is 18.0 Å². The van der Waals surface area contributed by atoms with Crippen molar-refractivity contribution < 1.29 is 4.74 Å². The van der Waals surface area contributed by atoms with Gasteiger partial charge in [-0.3, -0.25) is 0 Å². The van der Waals surface area contributed by atoms with Crippen molar-refractivity contribution in [2.45, 2.75) is 12.8 Å². The first-order chi connectivity index (χ1) is 9.13. The van der Waals surface area contributed by atoms with Crippen LogP contribution in [0.25, 0.3) is 10.4 Å². The number of likely N-dealkylation sites (N-methyl/N-ethyl adjacent to an activating group) is 1. The summed E-state index contributed by atoms with van der Waals surface area (Å²) in [4.78, 5) is 4.82. The van der Waals surface area contributed by atoms with Gasteiger partial charge in [-0.2, -0.15) is 0 Å². The van der Waals surface area contributed by atoms with Crippen molar-refractivity contribution in [3.8, 4) is 5.75 Å². The maximum atomic E-state index is 8.20. The molecular formula is C13H19BrN4O. The summed E-state index contributed by atoms with van der Waals surface area (Å²) in [6, 6.07) is 6.08. The van der Waals surface area contributed by atoms with Gasteiger partial charge in [0.1, 0.15) is 12.4 Å². The van der Waals surface area contributed by atoms with Crippen LogP contribution in [0.2, 0.25) is 0 Å². The predicted molar refractivity (Wildman–Crippen MR) is 80.5 cm³/mol. The number of rotatable bonds is 8. The molecule has 0 amide bonds. The van der Waals surface area contributed by atoms with Crippen LogP contribution >= 0.6 is 15.9 Å². The van der Waals surface area contributed by atoms with E-state index in [0.29, 0.717) is 13.2 Å². The van der Waals surface area contributed by atoms with Crippen LogP contribution in [-0.2, 0) is 6.42 Å². The van der Waals surface area contributed by atoms with E-state index in [0.717, 1.165) is 29.6 Å². The Hall–Kier alpha value is -1.23. The Labute approximate surface area is 122 Å². The van der Waals surface area contributed by atoms with Gasteiger partial charge in [0.15, 0.2) is 0 Å². The molecule has 6 heteroatoms. The molecule has 0 saturated heterocycles. The van der Waals surface area contributed by atoms with E-state index in [-0.39, 0.29) is 0 Å². The number of nitrogens with zero attached hydrogens (tertiary/aromatic N) is 4. The highest BCUT2D eigenvalue weighted by atomic mass is 79.9. The molecule has 19 heavy (non-hydrogen) atoms. The molecule has 0 atom stereocenters. The first-order valence-corrected chi connectivity index (χ1v) is 6.99. The molecule has 1 aromatic rings. The van der Waals surface area contributed by atoms with Crippen molar-refractivity contribution in [1.82, 2.24) is 4.90 Å². The van der Waals surface area contributed by atoms with Gasteiger partial charge >= 0.3 is 0 Å². The SMILES string of the molecule is CN(C)CCOc1ccc(CCCN=[N+]=[N-])cc1Br. The van der Waals surface area contributed by atoms with Gasteiger partial charge in [0.25, 0.3) is 0 Å². The van der Waals surface area contributed by atoms with Crippen molar-refractivity contribution in [2.24, 2.45) is 5.11 Å². The first kappa shape index (κ1) is 15.8. The van der Waals surface area contributed by atoms with Gasteiger partial charge in [-0.1, -0.05) is 11.2 Å². The summed E-state index contributed by atoms with van der Waals surface area (Å²) < 4.78 is 6.66. The molecule has 1 aromatic carbocycles. The number of hydrogen-bond donors (Lipinski definition) is 0. The second kappa shape index (κ2) is 8.80. The fraction of sp³-hybridized carbons (Fsp3) is 0.538. The van der Waals surface area contributed by atoms with Crippen LogP contribution in [0.3, 0.4) is 0 Å². The zero-order chi connectivity index (χ0) is 14.1. The van der Waals surface area contributed by atoms with E-state index in [1.807, 2.05) is 26.2 Å². The minimum atomic E-state index is 0.537. The lowest BCUT2D eigenvalue weighted by Crippen LogP contribution is -2.19. The smallest absolute Gasteiger partial charge is 0.133 e. The first-order valence-electron chi connectivity index (χ1n) is 6.20. The highest BCUT2D eigenvalue weighted by molar-refractivity contribution is 9.10. The van der Waals surface area contributed by atoms with Crippen LogP contribution in [0.5, 0.6) is 5.75 Å². The fourth-order valence-electron chi connectivity index (χ4n) is 1.55. The lowest BCUT2D eigenvalue weighted by atomic mass is 10.1. The molecular weight excluding hydrogens is 308 g/mol. The average molecular weight is 327 g/mol. The van der Waals surface area contributed by atoms with Crippen LogP contribution in [0.4, 0.5) is 0 Å². The maximum Gasteiger partial charge on any atom is 0.133 e. The summed E-state index contributed by atoms with van der Waals surface area (Å²) in [6.07, 6.45) is 1.76. The summed E-state index contributed by atoms with van der Waals surface area (Å²) >= 11 is 3.52. The molecule has 0 bridgehead atoms. The lowest BCUT2D eigenvalue weighted by molar-refractivity contribution is 0.260. The van der Waals surface area contributed by atoms with Gasteiger partial charge < -0.3 is 9.64 Å². The summed E-state index contributed by atoms with van der Waals surface area (Å²) in [5, 5.41) is 3.52. The highest BCUT2D eigenvalue weighted by Crippen LogP contribution is 2.26. The molecule has 0 saturated carbocycles. The third-order valence-electron chi connectivity index (χ3n) is 2.58. The van der Waals surface area contributed by atoms with Gasteiger partial charge in [-0.25, -0.2) is 0 Å². The van der Waals surface area contributed by atoms with E-state index in [9.17, 15) is 0 Å². The zero-order valence-corrected chi connectivity index (χ0v) is 12.9. The molecule has 0 spiro atoms. The van der Waals surface area contributed by atoms with Crippen molar-refractivity contribution >= 4 is 15.9 Å². The molecule has 0 aromatic heterocycles. The van der Waals surface area contributed by atoms with Crippen molar-refractivity contribution in [3.63, 3.8) is 0 Å². The standard InChI is InChI=1S/C13H19BrN4O/c1-18(2)8-9-19-13-6-5-11(10-12(13)14)4-3-7-16-17-15/h5-6,10H,3-4,7-9H2,1-2H3. The molecule has 5 nitrogen and oxygen atoms in total. The van der Waals surface area contributed by atoms with Gasteiger partial charge in [-0.05, 0) is 66.1 Å². The quantitative estimate of drug-likeness (QED) is 0.317. The van der Waals surface area contributed by atoms with E-state index in [1.54, 1.807) is 0 Å². The van der Waals surface area contributed by atoms with E-state index >= 15 is 0 Å². The molecule has 0 unspecified atom stereocenters. The van der Waals surface area contributed by atoms with Crippen molar-refractivity contribution in [1.29, 1.82) is 0 Å². The Kier molecular flexibility index (Phi) is 7.33. The summed E-state index contributed by atoms with van der Waals surface area (Å²) in [6.45, 7) is 2.09. The second-order valence-corrected chi connectivity index (χ2v) is 5.33. The van der Waals surface area contributed by atoms with Crippen LogP contribution in [0.15, 0.2) is 27.8 Å². The molecule has 0 radical (unpaired) electrons. The third kappa shape index (κ3) is 6.47. The Morgan fingerprint density at radius 1 is 1.42 bits per heavy atom. The van der Waals surface area contributed by atoms with Crippen LogP contribution in [0.1, 0.15) is 12.0 Å². The Bertz CT molecular complexity index is 444. The summed E-state index contributed by atoms with van der Waals surface area (Å²) in [5.41, 5.74) is 9.40. The topological polar surface area (TPSA) is 61.2 Å². The predicted octanol–water partition coefficient (Wildman–Crippen LogP) is 3.63. The molecule has 0 aliphatic carbocycles. The van der Waals surface area contributed by atoms with E-state index in [4.69, 9.17) is 10.3 Å². The van der Waals surface area contributed by atoms with E-state index in [1.165, 1.54) is 5.56 Å². The number of halogens is 1. The second-order valence-electron chi connectivity index (χ2n) is 4.47. The zero-order valence-electron chi connectivity index (χ0n) is 11.3. The van der Waals surface area contributed by atoms with Crippen LogP contribution < -0.4 is 4.74 Å². The molecule has 0 fully saturated rings. The Morgan fingerprint density at radius 2 is 2.21 bits per heavy atom. The summed E-state index contributed by atoms with van der Waals surface area (Å²) in [5.74, 6) is 0.862. The average Bonchev–Trinajstić information content (AvgIpc) is 2.37. The molecule has 0 aliphatic rings. The fourth-order valence-corrected chi connectivity index (χ4v) is 2.09. The molecule has 0 N–H and O–H groups in total. The lowest BCUT2D eigenvalue weighted by Gasteiger charge is -2.12. The van der Waals surface area contributed by atoms with Gasteiger partial charge in [0.05, 0.1) is 4.47 Å². The minimum Gasteiger partial charge on any atom is -0.491 e. The number of aryl methyl sites for hydroxylation is 1. The van der Waals surface area contributed by atoms with Crippen LogP contribution in [-0.4, -0.2) is 38.7 Å². The number of azide groups is 1.